The third-order valence-corrected chi connectivity index (χ3v) is 3.02. The van der Waals surface area contributed by atoms with Crippen molar-refractivity contribution in [2.45, 2.75) is 19.8 Å². The predicted molar refractivity (Wildman–Crippen MR) is 80.6 cm³/mol. The van der Waals surface area contributed by atoms with Crippen LogP contribution < -0.4 is 10.6 Å². The van der Waals surface area contributed by atoms with E-state index in [1.54, 1.807) is 0 Å². The second kappa shape index (κ2) is 7.92. The highest BCUT2D eigenvalue weighted by molar-refractivity contribution is 5.92. The van der Waals surface area contributed by atoms with E-state index in [4.69, 9.17) is 0 Å². The molecule has 1 aromatic rings. The smallest absolute Gasteiger partial charge is 0.238 e. The van der Waals surface area contributed by atoms with Gasteiger partial charge in [-0.3, -0.25) is 9.69 Å². The van der Waals surface area contributed by atoms with Crippen LogP contribution in [-0.2, 0) is 4.79 Å². The summed E-state index contributed by atoms with van der Waals surface area (Å²) in [6.07, 6.45) is 0. The van der Waals surface area contributed by atoms with E-state index in [-0.39, 0.29) is 5.91 Å². The molecule has 0 heterocycles. The fourth-order valence-electron chi connectivity index (χ4n) is 1.78. The Morgan fingerprint density at radius 3 is 2.42 bits per heavy atom. The Kier molecular flexibility index (Phi) is 6.53. The minimum atomic E-state index is 0.0240. The molecule has 0 saturated heterocycles. The first-order valence-electron chi connectivity index (χ1n) is 6.76. The maximum atomic E-state index is 11.8. The highest BCUT2D eigenvalue weighted by atomic mass is 16.2. The Bertz CT molecular complexity index is 387. The second-order valence-corrected chi connectivity index (χ2v) is 5.17. The van der Waals surface area contributed by atoms with E-state index in [0.717, 1.165) is 18.8 Å². The van der Waals surface area contributed by atoms with Crippen molar-refractivity contribution >= 4 is 11.6 Å². The van der Waals surface area contributed by atoms with Crippen molar-refractivity contribution in [2.24, 2.45) is 0 Å². The monoisotopic (exact) mass is 263 g/mol. The zero-order chi connectivity index (χ0) is 14.3. The average molecular weight is 263 g/mol. The van der Waals surface area contributed by atoms with Gasteiger partial charge in [-0.05, 0) is 37.7 Å². The van der Waals surface area contributed by atoms with Crippen LogP contribution in [0.5, 0.6) is 0 Å². The van der Waals surface area contributed by atoms with Gasteiger partial charge in [0.05, 0.1) is 6.54 Å². The molecule has 4 nitrogen and oxygen atoms in total. The number of rotatable bonds is 7. The van der Waals surface area contributed by atoms with Crippen molar-refractivity contribution < 1.29 is 4.79 Å². The van der Waals surface area contributed by atoms with E-state index in [2.05, 4.69) is 36.6 Å². The van der Waals surface area contributed by atoms with Crippen molar-refractivity contribution in [3.05, 3.63) is 29.8 Å². The number of amides is 1. The molecule has 2 N–H and O–H groups in total. The topological polar surface area (TPSA) is 44.4 Å². The van der Waals surface area contributed by atoms with Gasteiger partial charge < -0.3 is 10.6 Å². The van der Waals surface area contributed by atoms with Crippen molar-refractivity contribution in [1.82, 2.24) is 10.2 Å². The Labute approximate surface area is 116 Å². The van der Waals surface area contributed by atoms with E-state index < -0.39 is 0 Å². The molecular weight excluding hydrogens is 238 g/mol. The quantitative estimate of drug-likeness (QED) is 0.789. The van der Waals surface area contributed by atoms with Crippen molar-refractivity contribution in [3.8, 4) is 0 Å². The van der Waals surface area contributed by atoms with Gasteiger partial charge in [0.1, 0.15) is 0 Å². The fraction of sp³-hybridized carbons (Fsp3) is 0.533. The molecule has 0 fully saturated rings. The first-order chi connectivity index (χ1) is 9.02. The Morgan fingerprint density at radius 1 is 1.26 bits per heavy atom. The van der Waals surface area contributed by atoms with Gasteiger partial charge in [-0.2, -0.15) is 0 Å². The summed E-state index contributed by atoms with van der Waals surface area (Å²) in [5.74, 6) is 0.535. The lowest BCUT2D eigenvalue weighted by molar-refractivity contribution is -0.117. The van der Waals surface area contributed by atoms with Crippen molar-refractivity contribution in [2.75, 3.05) is 39.0 Å². The molecule has 1 amide bonds. The van der Waals surface area contributed by atoms with Crippen LogP contribution in [0.3, 0.4) is 0 Å². The minimum Gasteiger partial charge on any atom is -0.325 e. The number of hydrogen-bond donors (Lipinski definition) is 2. The first-order valence-corrected chi connectivity index (χ1v) is 6.76. The molecule has 0 radical (unpaired) electrons. The summed E-state index contributed by atoms with van der Waals surface area (Å²) in [5.41, 5.74) is 2.14. The Balaban J connectivity index is 2.43. The van der Waals surface area contributed by atoms with E-state index in [9.17, 15) is 4.79 Å². The lowest BCUT2D eigenvalue weighted by Gasteiger charge is -2.16. The summed E-state index contributed by atoms with van der Waals surface area (Å²) >= 11 is 0. The third-order valence-electron chi connectivity index (χ3n) is 3.02. The van der Waals surface area contributed by atoms with E-state index in [0.29, 0.717) is 12.5 Å². The van der Waals surface area contributed by atoms with Gasteiger partial charge >= 0.3 is 0 Å². The lowest BCUT2D eigenvalue weighted by Crippen LogP contribution is -2.34. The minimum absolute atomic E-state index is 0.0240. The molecule has 0 aliphatic carbocycles. The summed E-state index contributed by atoms with van der Waals surface area (Å²) in [4.78, 5) is 13.8. The van der Waals surface area contributed by atoms with Crippen LogP contribution >= 0.6 is 0 Å². The highest BCUT2D eigenvalue weighted by Gasteiger charge is 2.06. The molecule has 0 bridgehead atoms. The van der Waals surface area contributed by atoms with Gasteiger partial charge in [-0.1, -0.05) is 26.0 Å². The van der Waals surface area contributed by atoms with Crippen LogP contribution in [-0.4, -0.2) is 44.5 Å². The number of anilines is 1. The Hall–Kier alpha value is -1.39. The number of carbonyl (C=O) groups is 1. The predicted octanol–water partition coefficient (Wildman–Crippen LogP) is 1.90. The summed E-state index contributed by atoms with van der Waals surface area (Å²) in [5, 5.41) is 5.98. The van der Waals surface area contributed by atoms with E-state index in [1.807, 2.05) is 31.1 Å². The summed E-state index contributed by atoms with van der Waals surface area (Å²) < 4.78 is 0. The summed E-state index contributed by atoms with van der Waals surface area (Å²) in [6.45, 7) is 6.46. The highest BCUT2D eigenvalue weighted by Crippen LogP contribution is 2.16. The first kappa shape index (κ1) is 15.7. The van der Waals surface area contributed by atoms with Crippen LogP contribution in [0, 0.1) is 0 Å². The zero-order valence-corrected chi connectivity index (χ0v) is 12.4. The molecule has 1 aromatic carbocycles. The van der Waals surface area contributed by atoms with Gasteiger partial charge in [-0.25, -0.2) is 0 Å². The molecule has 0 aromatic heterocycles. The molecule has 1 rings (SSSR count). The number of hydrogen-bond acceptors (Lipinski definition) is 3. The second-order valence-electron chi connectivity index (χ2n) is 5.17. The number of nitrogens with one attached hydrogen (secondary N) is 2. The zero-order valence-electron chi connectivity index (χ0n) is 12.4. The molecule has 106 valence electrons. The molecular formula is C15H25N3O. The lowest BCUT2D eigenvalue weighted by atomic mass is 10.0. The number of likely N-dealkylation sites (N-methyl/N-ethyl adjacent to an activating group) is 2. The summed E-state index contributed by atoms with van der Waals surface area (Å²) in [6, 6.07) is 8.04. The molecule has 0 saturated carbocycles. The third kappa shape index (κ3) is 5.85. The van der Waals surface area contributed by atoms with E-state index >= 15 is 0 Å². The summed E-state index contributed by atoms with van der Waals surface area (Å²) in [7, 11) is 3.85. The molecule has 0 unspecified atom stereocenters. The van der Waals surface area contributed by atoms with Gasteiger partial charge in [0, 0.05) is 18.8 Å². The van der Waals surface area contributed by atoms with Gasteiger partial charge in [0.15, 0.2) is 0 Å². The van der Waals surface area contributed by atoms with Crippen molar-refractivity contribution in [3.63, 3.8) is 0 Å². The standard InChI is InChI=1S/C15H25N3O/c1-12(2)13-5-7-14(8-6-13)17-15(19)11-18(4)10-9-16-3/h5-8,12,16H,9-11H2,1-4H3,(H,17,19). The van der Waals surface area contributed by atoms with E-state index in [1.165, 1.54) is 5.56 Å². The molecule has 19 heavy (non-hydrogen) atoms. The van der Waals surface area contributed by atoms with Gasteiger partial charge in [-0.15, -0.1) is 0 Å². The van der Waals surface area contributed by atoms with Gasteiger partial charge in [0.25, 0.3) is 0 Å². The number of nitrogens with zero attached hydrogens (tertiary/aromatic N) is 1. The maximum absolute atomic E-state index is 11.8. The van der Waals surface area contributed by atoms with Crippen LogP contribution in [0.25, 0.3) is 0 Å². The van der Waals surface area contributed by atoms with Crippen LogP contribution in [0.4, 0.5) is 5.69 Å². The molecule has 4 heteroatoms. The average Bonchev–Trinajstić information content (AvgIpc) is 2.36. The van der Waals surface area contributed by atoms with Crippen molar-refractivity contribution in [1.29, 1.82) is 0 Å². The molecule has 0 spiro atoms. The number of benzene rings is 1. The molecule has 0 aliphatic rings. The van der Waals surface area contributed by atoms with Gasteiger partial charge in [0.2, 0.25) is 5.91 Å². The van der Waals surface area contributed by atoms with Crippen LogP contribution in [0.1, 0.15) is 25.3 Å². The number of carbonyl (C=O) groups excluding carboxylic acids is 1. The Morgan fingerprint density at radius 2 is 1.89 bits per heavy atom. The van der Waals surface area contributed by atoms with Crippen LogP contribution in [0.2, 0.25) is 0 Å². The SMILES string of the molecule is CNCCN(C)CC(=O)Nc1ccc(C(C)C)cc1. The molecule has 0 aliphatic heterocycles. The largest absolute Gasteiger partial charge is 0.325 e. The normalized spacial score (nSPS) is 11.1. The van der Waals surface area contributed by atoms with Crippen LogP contribution in [0.15, 0.2) is 24.3 Å². The maximum Gasteiger partial charge on any atom is 0.238 e. The molecule has 0 atom stereocenters. The fourth-order valence-corrected chi connectivity index (χ4v) is 1.78.